The van der Waals surface area contributed by atoms with E-state index in [0.717, 1.165) is 12.5 Å². The Morgan fingerprint density at radius 1 is 1.33 bits per heavy atom. The van der Waals surface area contributed by atoms with Gasteiger partial charge in [-0.05, 0) is 49.2 Å². The number of fused-ring (bicyclic) bond motifs is 1. The van der Waals surface area contributed by atoms with Crippen LogP contribution in [0.1, 0.15) is 49.9 Å². The third kappa shape index (κ3) is 2.49. The smallest absolute Gasteiger partial charge is 0.0454 e. The topological polar surface area (TPSA) is 12.0 Å². The normalized spacial score (nSPS) is 18.7. The van der Waals surface area contributed by atoms with E-state index in [-0.39, 0.29) is 0 Å². The highest BCUT2D eigenvalue weighted by atomic mass is 32.1. The van der Waals surface area contributed by atoms with Gasteiger partial charge in [0.15, 0.2) is 0 Å². The molecule has 1 saturated carbocycles. The van der Waals surface area contributed by atoms with Gasteiger partial charge in [0, 0.05) is 20.3 Å². The average Bonchev–Trinajstić information content (AvgIpc) is 3.05. The van der Waals surface area contributed by atoms with E-state index >= 15 is 0 Å². The molecule has 1 atom stereocenters. The molecule has 0 bridgehead atoms. The van der Waals surface area contributed by atoms with Gasteiger partial charge in [-0.15, -0.1) is 22.7 Å². The van der Waals surface area contributed by atoms with E-state index in [1.807, 2.05) is 22.7 Å². The molecule has 98 valence electrons. The Balaban J connectivity index is 1.84. The summed E-state index contributed by atoms with van der Waals surface area (Å²) < 4.78 is 2.94. The Kier molecular flexibility index (Phi) is 4.02. The first kappa shape index (κ1) is 12.6. The first-order valence-electron chi connectivity index (χ1n) is 7.09. The fraction of sp³-hybridized carbons (Fsp3) is 0.600. The molecule has 2 aromatic rings. The largest absolute Gasteiger partial charge is 0.309 e. The van der Waals surface area contributed by atoms with Crippen LogP contribution in [-0.2, 0) is 0 Å². The van der Waals surface area contributed by atoms with E-state index in [0.29, 0.717) is 6.04 Å². The summed E-state index contributed by atoms with van der Waals surface area (Å²) in [5, 5.41) is 6.00. The van der Waals surface area contributed by atoms with E-state index in [1.165, 1.54) is 41.5 Å². The number of hydrogen-bond donors (Lipinski definition) is 1. The lowest BCUT2D eigenvalue weighted by atomic mass is 9.96. The molecule has 1 aliphatic carbocycles. The zero-order chi connectivity index (χ0) is 12.4. The lowest BCUT2D eigenvalue weighted by molar-refractivity contribution is 0.373. The Morgan fingerprint density at radius 3 is 2.89 bits per heavy atom. The molecule has 2 heterocycles. The van der Waals surface area contributed by atoms with Crippen LogP contribution in [0, 0.1) is 5.92 Å². The molecule has 1 nitrogen and oxygen atoms in total. The van der Waals surface area contributed by atoms with E-state index in [4.69, 9.17) is 0 Å². The molecule has 3 rings (SSSR count). The molecule has 2 aromatic heterocycles. The van der Waals surface area contributed by atoms with Crippen LogP contribution >= 0.6 is 22.7 Å². The van der Waals surface area contributed by atoms with Crippen molar-refractivity contribution < 1.29 is 0 Å². The fourth-order valence-electron chi connectivity index (χ4n) is 3.03. The molecule has 0 radical (unpaired) electrons. The maximum Gasteiger partial charge on any atom is 0.0454 e. The van der Waals surface area contributed by atoms with Crippen molar-refractivity contribution in [2.24, 2.45) is 5.92 Å². The molecule has 1 unspecified atom stereocenters. The predicted octanol–water partition coefficient (Wildman–Crippen LogP) is 5.19. The standard InChI is InChI=1S/C15H21NS2/c1-2-8-16-15(11-5-3-4-6-11)14-10-13-12(18-14)7-9-17-13/h7,9-11,15-16H,2-6,8H2,1H3. The molecular formula is C15H21NS2. The van der Waals surface area contributed by atoms with Crippen LogP contribution in [0.25, 0.3) is 9.40 Å². The maximum atomic E-state index is 3.79. The zero-order valence-electron chi connectivity index (χ0n) is 10.9. The number of nitrogens with one attached hydrogen (secondary N) is 1. The van der Waals surface area contributed by atoms with Gasteiger partial charge in [-0.2, -0.15) is 0 Å². The Morgan fingerprint density at radius 2 is 2.17 bits per heavy atom. The number of rotatable bonds is 5. The van der Waals surface area contributed by atoms with E-state index in [2.05, 4.69) is 29.8 Å². The maximum absolute atomic E-state index is 3.79. The molecule has 0 amide bonds. The third-order valence-corrected chi connectivity index (χ3v) is 6.13. The van der Waals surface area contributed by atoms with Crippen molar-refractivity contribution in [1.29, 1.82) is 0 Å². The minimum absolute atomic E-state index is 0.608. The van der Waals surface area contributed by atoms with Gasteiger partial charge in [0.1, 0.15) is 0 Å². The molecule has 0 aliphatic heterocycles. The summed E-state index contributed by atoms with van der Waals surface area (Å²) in [6.45, 7) is 3.40. The van der Waals surface area contributed by atoms with Crippen molar-refractivity contribution in [3.05, 3.63) is 22.4 Å². The Hall–Kier alpha value is -0.380. The fourth-order valence-corrected chi connectivity index (χ4v) is 5.32. The number of hydrogen-bond acceptors (Lipinski definition) is 3. The second-order valence-corrected chi connectivity index (χ2v) is 7.34. The summed E-state index contributed by atoms with van der Waals surface area (Å²) in [7, 11) is 0. The second kappa shape index (κ2) is 5.72. The highest BCUT2D eigenvalue weighted by Gasteiger charge is 2.27. The lowest BCUT2D eigenvalue weighted by Gasteiger charge is -2.23. The average molecular weight is 279 g/mol. The van der Waals surface area contributed by atoms with Crippen LogP contribution in [0.2, 0.25) is 0 Å². The van der Waals surface area contributed by atoms with Crippen LogP contribution in [-0.4, -0.2) is 6.54 Å². The van der Waals surface area contributed by atoms with Gasteiger partial charge in [0.2, 0.25) is 0 Å². The molecule has 3 heteroatoms. The van der Waals surface area contributed by atoms with E-state index < -0.39 is 0 Å². The monoisotopic (exact) mass is 279 g/mol. The van der Waals surface area contributed by atoms with Gasteiger partial charge < -0.3 is 5.32 Å². The summed E-state index contributed by atoms with van der Waals surface area (Å²) in [4.78, 5) is 1.57. The predicted molar refractivity (Wildman–Crippen MR) is 82.7 cm³/mol. The van der Waals surface area contributed by atoms with Gasteiger partial charge in [-0.25, -0.2) is 0 Å². The molecule has 1 N–H and O–H groups in total. The van der Waals surface area contributed by atoms with Crippen molar-refractivity contribution in [2.45, 2.75) is 45.1 Å². The van der Waals surface area contributed by atoms with Gasteiger partial charge in [-0.1, -0.05) is 19.8 Å². The lowest BCUT2D eigenvalue weighted by Crippen LogP contribution is -2.27. The Bertz CT molecular complexity index is 465. The van der Waals surface area contributed by atoms with Gasteiger partial charge in [0.25, 0.3) is 0 Å². The van der Waals surface area contributed by atoms with Crippen molar-refractivity contribution in [3.8, 4) is 0 Å². The van der Waals surface area contributed by atoms with Crippen LogP contribution in [0.15, 0.2) is 17.5 Å². The first-order valence-corrected chi connectivity index (χ1v) is 8.78. The number of thiophene rings is 2. The summed E-state index contributed by atoms with van der Waals surface area (Å²) in [6, 6.07) is 5.30. The second-order valence-electron chi connectivity index (χ2n) is 5.27. The molecule has 0 saturated heterocycles. The van der Waals surface area contributed by atoms with Crippen LogP contribution in [0.4, 0.5) is 0 Å². The molecule has 1 fully saturated rings. The third-order valence-electron chi connectivity index (χ3n) is 3.95. The highest BCUT2D eigenvalue weighted by molar-refractivity contribution is 7.26. The van der Waals surface area contributed by atoms with Gasteiger partial charge >= 0.3 is 0 Å². The van der Waals surface area contributed by atoms with Crippen molar-refractivity contribution >= 4 is 32.1 Å². The SMILES string of the molecule is CCCNC(c1cc2sccc2s1)C1CCCC1. The summed E-state index contributed by atoms with van der Waals surface area (Å²) >= 11 is 3.87. The van der Waals surface area contributed by atoms with Crippen molar-refractivity contribution in [3.63, 3.8) is 0 Å². The molecule has 18 heavy (non-hydrogen) atoms. The van der Waals surface area contributed by atoms with Crippen LogP contribution < -0.4 is 5.32 Å². The minimum Gasteiger partial charge on any atom is -0.309 e. The van der Waals surface area contributed by atoms with Crippen molar-refractivity contribution in [2.75, 3.05) is 6.54 Å². The minimum atomic E-state index is 0.608. The Labute approximate surface area is 117 Å². The van der Waals surface area contributed by atoms with Crippen LogP contribution in [0.3, 0.4) is 0 Å². The van der Waals surface area contributed by atoms with Gasteiger partial charge in [0.05, 0.1) is 0 Å². The summed E-state index contributed by atoms with van der Waals surface area (Å²) in [5.41, 5.74) is 0. The van der Waals surface area contributed by atoms with Crippen LogP contribution in [0.5, 0.6) is 0 Å². The molecule has 1 aliphatic rings. The first-order chi connectivity index (χ1) is 8.88. The van der Waals surface area contributed by atoms with E-state index in [9.17, 15) is 0 Å². The highest BCUT2D eigenvalue weighted by Crippen LogP contribution is 2.41. The molecular weight excluding hydrogens is 258 g/mol. The van der Waals surface area contributed by atoms with Gasteiger partial charge in [-0.3, -0.25) is 0 Å². The quantitative estimate of drug-likeness (QED) is 0.794. The van der Waals surface area contributed by atoms with Crippen molar-refractivity contribution in [1.82, 2.24) is 5.32 Å². The molecule has 0 spiro atoms. The summed E-state index contributed by atoms with van der Waals surface area (Å²) in [5.74, 6) is 0.865. The zero-order valence-corrected chi connectivity index (χ0v) is 12.6. The van der Waals surface area contributed by atoms with E-state index in [1.54, 1.807) is 4.88 Å². The summed E-state index contributed by atoms with van der Waals surface area (Å²) in [6.07, 6.45) is 6.90. The molecule has 0 aromatic carbocycles.